The molecule has 1 aliphatic rings. The van der Waals surface area contributed by atoms with Crippen LogP contribution in [0.1, 0.15) is 22.5 Å². The Labute approximate surface area is 124 Å². The van der Waals surface area contributed by atoms with Gasteiger partial charge in [0.25, 0.3) is 5.91 Å². The highest BCUT2D eigenvalue weighted by molar-refractivity contribution is 5.99. The lowest BCUT2D eigenvalue weighted by molar-refractivity contribution is 0.0374. The van der Waals surface area contributed by atoms with Gasteiger partial charge in [-0.2, -0.15) is 0 Å². The Morgan fingerprint density at radius 1 is 1.48 bits per heavy atom. The average Bonchev–Trinajstić information content (AvgIpc) is 2.52. The van der Waals surface area contributed by atoms with Crippen LogP contribution in [0.5, 0.6) is 0 Å². The number of nitrogens with two attached hydrogens (primary N) is 1. The normalized spacial score (nSPS) is 15.7. The molecule has 0 radical (unpaired) electrons. The number of pyridine rings is 1. The molecule has 1 aliphatic heterocycles. The zero-order chi connectivity index (χ0) is 15.1. The van der Waals surface area contributed by atoms with E-state index in [1.54, 1.807) is 12.3 Å². The number of carbonyl (C=O) groups excluding carboxylic acids is 1. The number of hydrazine groups is 1. The van der Waals surface area contributed by atoms with Crippen molar-refractivity contribution in [3.05, 3.63) is 23.5 Å². The van der Waals surface area contributed by atoms with E-state index in [1.165, 1.54) is 0 Å². The standard InChI is InChI=1S/C14H23N5O2/c1-11-9-13(18-15)12(10-17-11)14(20)16-3-2-4-19-5-7-21-8-6-19/h9-10H,2-8,15H2,1H3,(H,16,20)(H,17,18). The highest BCUT2D eigenvalue weighted by atomic mass is 16.5. The Hall–Kier alpha value is -1.70. The van der Waals surface area contributed by atoms with Crippen LogP contribution in [-0.2, 0) is 4.74 Å². The van der Waals surface area contributed by atoms with Crippen molar-refractivity contribution >= 4 is 11.6 Å². The molecule has 1 fully saturated rings. The number of rotatable bonds is 6. The van der Waals surface area contributed by atoms with Gasteiger partial charge >= 0.3 is 0 Å². The second kappa shape index (κ2) is 7.92. The van der Waals surface area contributed by atoms with Gasteiger partial charge in [0.2, 0.25) is 0 Å². The largest absolute Gasteiger partial charge is 0.379 e. The minimum absolute atomic E-state index is 0.155. The van der Waals surface area contributed by atoms with Crippen LogP contribution in [0, 0.1) is 6.92 Å². The molecule has 1 saturated heterocycles. The van der Waals surface area contributed by atoms with Gasteiger partial charge in [0.1, 0.15) is 0 Å². The first kappa shape index (κ1) is 15.7. The molecule has 0 saturated carbocycles. The van der Waals surface area contributed by atoms with Crippen molar-refractivity contribution in [1.82, 2.24) is 15.2 Å². The summed E-state index contributed by atoms with van der Waals surface area (Å²) in [6.07, 6.45) is 2.46. The van der Waals surface area contributed by atoms with Crippen LogP contribution in [0.25, 0.3) is 0 Å². The van der Waals surface area contributed by atoms with Gasteiger partial charge in [0.05, 0.1) is 24.5 Å². The number of amides is 1. The molecule has 0 unspecified atom stereocenters. The number of aryl methyl sites for hydroxylation is 1. The minimum Gasteiger partial charge on any atom is -0.379 e. The van der Waals surface area contributed by atoms with E-state index in [4.69, 9.17) is 10.6 Å². The molecule has 21 heavy (non-hydrogen) atoms. The molecule has 7 nitrogen and oxygen atoms in total. The van der Waals surface area contributed by atoms with E-state index in [9.17, 15) is 4.79 Å². The number of anilines is 1. The molecule has 116 valence electrons. The molecule has 0 aliphatic carbocycles. The molecular formula is C14H23N5O2. The molecule has 1 amide bonds. The van der Waals surface area contributed by atoms with E-state index < -0.39 is 0 Å². The highest BCUT2D eigenvalue weighted by Crippen LogP contribution is 2.14. The van der Waals surface area contributed by atoms with Gasteiger partial charge in [-0.25, -0.2) is 0 Å². The zero-order valence-corrected chi connectivity index (χ0v) is 12.4. The predicted molar refractivity (Wildman–Crippen MR) is 81.0 cm³/mol. The molecule has 1 aromatic heterocycles. The number of morpholine rings is 1. The van der Waals surface area contributed by atoms with E-state index in [0.29, 0.717) is 17.8 Å². The number of carbonyl (C=O) groups is 1. The van der Waals surface area contributed by atoms with E-state index in [1.807, 2.05) is 6.92 Å². The summed E-state index contributed by atoms with van der Waals surface area (Å²) in [4.78, 5) is 18.6. The Morgan fingerprint density at radius 2 is 2.24 bits per heavy atom. The van der Waals surface area contributed by atoms with Crippen LogP contribution in [0.15, 0.2) is 12.3 Å². The van der Waals surface area contributed by atoms with E-state index in [0.717, 1.165) is 45.0 Å². The minimum atomic E-state index is -0.155. The van der Waals surface area contributed by atoms with Gasteiger partial charge in [-0.1, -0.05) is 0 Å². The van der Waals surface area contributed by atoms with Crippen molar-refractivity contribution in [2.45, 2.75) is 13.3 Å². The molecular weight excluding hydrogens is 270 g/mol. The van der Waals surface area contributed by atoms with Gasteiger partial charge in [0, 0.05) is 31.5 Å². The first-order valence-electron chi connectivity index (χ1n) is 7.22. The first-order chi connectivity index (χ1) is 10.2. The lowest BCUT2D eigenvalue weighted by atomic mass is 10.2. The summed E-state index contributed by atoms with van der Waals surface area (Å²) in [6, 6.07) is 1.75. The van der Waals surface area contributed by atoms with Crippen LogP contribution in [-0.4, -0.2) is 55.2 Å². The Morgan fingerprint density at radius 3 is 2.95 bits per heavy atom. The Kier molecular flexibility index (Phi) is 5.91. The van der Waals surface area contributed by atoms with Crippen molar-refractivity contribution in [3.63, 3.8) is 0 Å². The number of nitrogens with zero attached hydrogens (tertiary/aromatic N) is 2. The van der Waals surface area contributed by atoms with E-state index in [-0.39, 0.29) is 5.91 Å². The van der Waals surface area contributed by atoms with Gasteiger partial charge in [-0.15, -0.1) is 0 Å². The number of hydrogen-bond donors (Lipinski definition) is 3. The lowest BCUT2D eigenvalue weighted by Crippen LogP contribution is -2.38. The third-order valence-electron chi connectivity index (χ3n) is 3.48. The third kappa shape index (κ3) is 4.66. The van der Waals surface area contributed by atoms with Crippen LogP contribution in [0.2, 0.25) is 0 Å². The van der Waals surface area contributed by atoms with Crippen molar-refractivity contribution in [1.29, 1.82) is 0 Å². The van der Waals surface area contributed by atoms with Crippen molar-refractivity contribution in [3.8, 4) is 0 Å². The first-order valence-corrected chi connectivity index (χ1v) is 7.22. The summed E-state index contributed by atoms with van der Waals surface area (Å²) in [5.74, 6) is 5.28. The van der Waals surface area contributed by atoms with Gasteiger partial charge < -0.3 is 15.5 Å². The number of nitrogen functional groups attached to an aromatic ring is 1. The summed E-state index contributed by atoms with van der Waals surface area (Å²) in [6.45, 7) is 6.99. The summed E-state index contributed by atoms with van der Waals surface area (Å²) in [7, 11) is 0. The fourth-order valence-electron chi connectivity index (χ4n) is 2.28. The predicted octanol–water partition coefficient (Wildman–Crippen LogP) is 0.128. The fourth-order valence-corrected chi connectivity index (χ4v) is 2.28. The highest BCUT2D eigenvalue weighted by Gasteiger charge is 2.12. The fraction of sp³-hybridized carbons (Fsp3) is 0.571. The number of hydrogen-bond acceptors (Lipinski definition) is 6. The maximum absolute atomic E-state index is 12.1. The van der Waals surface area contributed by atoms with Crippen LogP contribution < -0.4 is 16.6 Å². The molecule has 0 aromatic carbocycles. The topological polar surface area (TPSA) is 92.5 Å². The molecule has 2 heterocycles. The number of aromatic nitrogens is 1. The molecule has 2 rings (SSSR count). The van der Waals surface area contributed by atoms with Crippen molar-refractivity contribution in [2.75, 3.05) is 44.8 Å². The monoisotopic (exact) mass is 293 g/mol. The smallest absolute Gasteiger partial charge is 0.255 e. The average molecular weight is 293 g/mol. The maximum Gasteiger partial charge on any atom is 0.255 e. The van der Waals surface area contributed by atoms with Crippen molar-refractivity contribution < 1.29 is 9.53 Å². The number of nitrogens with one attached hydrogen (secondary N) is 2. The second-order valence-corrected chi connectivity index (χ2v) is 5.08. The third-order valence-corrected chi connectivity index (χ3v) is 3.48. The SMILES string of the molecule is Cc1cc(NN)c(C(=O)NCCCN2CCOCC2)cn1. The van der Waals surface area contributed by atoms with Crippen molar-refractivity contribution in [2.24, 2.45) is 5.84 Å². The second-order valence-electron chi connectivity index (χ2n) is 5.08. The van der Waals surface area contributed by atoms with E-state index in [2.05, 4.69) is 20.6 Å². The zero-order valence-electron chi connectivity index (χ0n) is 12.4. The summed E-state index contributed by atoms with van der Waals surface area (Å²) < 4.78 is 5.30. The summed E-state index contributed by atoms with van der Waals surface area (Å²) in [5, 5.41) is 2.90. The van der Waals surface area contributed by atoms with Crippen LogP contribution in [0.3, 0.4) is 0 Å². The summed E-state index contributed by atoms with van der Waals surface area (Å²) in [5.41, 5.74) is 4.41. The molecule has 4 N–H and O–H groups in total. The van der Waals surface area contributed by atoms with Crippen LogP contribution in [0.4, 0.5) is 5.69 Å². The molecule has 7 heteroatoms. The number of ether oxygens (including phenoxy) is 1. The molecule has 0 bridgehead atoms. The lowest BCUT2D eigenvalue weighted by Gasteiger charge is -2.26. The van der Waals surface area contributed by atoms with Crippen LogP contribution >= 0.6 is 0 Å². The van der Waals surface area contributed by atoms with Gasteiger partial charge in [-0.05, 0) is 26.0 Å². The molecule has 1 aromatic rings. The van der Waals surface area contributed by atoms with Gasteiger partial charge in [0.15, 0.2) is 0 Å². The van der Waals surface area contributed by atoms with E-state index >= 15 is 0 Å². The Bertz CT molecular complexity index is 474. The summed E-state index contributed by atoms with van der Waals surface area (Å²) >= 11 is 0. The maximum atomic E-state index is 12.1. The molecule has 0 atom stereocenters. The Balaban J connectivity index is 1.76. The molecule has 0 spiro atoms. The van der Waals surface area contributed by atoms with Gasteiger partial charge in [-0.3, -0.25) is 20.5 Å². The quantitative estimate of drug-likeness (QED) is 0.392.